The normalized spacial score (nSPS) is 13.3. The minimum atomic E-state index is -0.682. The first-order chi connectivity index (χ1) is 18.0. The van der Waals surface area contributed by atoms with Gasteiger partial charge in [0.25, 0.3) is 0 Å². The number of nitriles is 1. The van der Waals surface area contributed by atoms with Crippen molar-refractivity contribution in [3.63, 3.8) is 0 Å². The molecule has 1 aliphatic heterocycles. The number of carbonyl (C=O) groups excluding carboxylic acids is 1. The predicted octanol–water partition coefficient (Wildman–Crippen LogP) is 2.10. The molecule has 1 aliphatic rings. The fraction of sp³-hybridized carbons (Fsp3) is 0.292. The first kappa shape index (κ1) is 23.9. The molecule has 188 valence electrons. The van der Waals surface area contributed by atoms with Crippen molar-refractivity contribution in [3.8, 4) is 17.3 Å². The number of ether oxygens (including phenoxy) is 2. The van der Waals surface area contributed by atoms with E-state index in [0.29, 0.717) is 66.0 Å². The number of pyridine rings is 2. The molecule has 5 heterocycles. The number of nitrogens with one attached hydrogen (secondary N) is 2. The second-order valence-corrected chi connectivity index (χ2v) is 8.20. The zero-order valence-corrected chi connectivity index (χ0v) is 20.5. The van der Waals surface area contributed by atoms with Crippen LogP contribution in [0.25, 0.3) is 22.3 Å². The first-order valence-electron chi connectivity index (χ1n) is 11.5. The Morgan fingerprint density at radius 1 is 1.16 bits per heavy atom. The van der Waals surface area contributed by atoms with Gasteiger partial charge in [-0.15, -0.1) is 0 Å². The average molecular weight is 501 g/mol. The number of hydrogen-bond donors (Lipinski definition) is 2. The van der Waals surface area contributed by atoms with E-state index in [1.54, 1.807) is 38.0 Å². The van der Waals surface area contributed by atoms with Crippen LogP contribution in [0.5, 0.6) is 0 Å². The average Bonchev–Trinajstić information content (AvgIpc) is 3.33. The van der Waals surface area contributed by atoms with Gasteiger partial charge < -0.3 is 29.6 Å². The number of imidazole rings is 1. The molecule has 13 nitrogen and oxygen atoms in total. The molecule has 4 aromatic rings. The molecule has 13 heteroatoms. The summed E-state index contributed by atoms with van der Waals surface area (Å²) in [6.07, 6.45) is 6.59. The maximum absolute atomic E-state index is 12.8. The number of anilines is 4. The molecule has 1 fully saturated rings. The molecule has 0 aliphatic carbocycles. The van der Waals surface area contributed by atoms with Crippen LogP contribution in [0.4, 0.5) is 23.1 Å². The summed E-state index contributed by atoms with van der Waals surface area (Å²) in [6, 6.07) is 3.86. The largest absolute Gasteiger partial charge is 0.464 e. The highest BCUT2D eigenvalue weighted by atomic mass is 16.5. The summed E-state index contributed by atoms with van der Waals surface area (Å²) < 4.78 is 12.2. The topological polar surface area (TPSA) is 156 Å². The van der Waals surface area contributed by atoms with Crippen LogP contribution >= 0.6 is 0 Å². The van der Waals surface area contributed by atoms with Crippen LogP contribution in [0, 0.1) is 11.3 Å². The summed E-state index contributed by atoms with van der Waals surface area (Å²) in [4.78, 5) is 37.3. The Kier molecular flexibility index (Phi) is 6.48. The number of carbonyl (C=O) groups is 1. The molecule has 1 saturated heterocycles. The summed E-state index contributed by atoms with van der Waals surface area (Å²) >= 11 is 0. The third-order valence-corrected chi connectivity index (χ3v) is 5.97. The molecule has 0 unspecified atom stereocenters. The minimum absolute atomic E-state index is 0.0415. The number of rotatable bonds is 6. The van der Waals surface area contributed by atoms with Crippen molar-refractivity contribution in [2.24, 2.45) is 7.05 Å². The fourth-order valence-electron chi connectivity index (χ4n) is 4.11. The van der Waals surface area contributed by atoms with Gasteiger partial charge in [0.2, 0.25) is 0 Å². The van der Waals surface area contributed by atoms with E-state index >= 15 is 0 Å². The van der Waals surface area contributed by atoms with E-state index in [9.17, 15) is 10.1 Å². The molecule has 0 spiro atoms. The van der Waals surface area contributed by atoms with Gasteiger partial charge in [-0.2, -0.15) is 5.26 Å². The van der Waals surface area contributed by atoms with Crippen LogP contribution in [0.2, 0.25) is 0 Å². The van der Waals surface area contributed by atoms with E-state index in [2.05, 4.69) is 41.6 Å². The summed E-state index contributed by atoms with van der Waals surface area (Å²) in [5, 5.41) is 15.9. The number of esters is 1. The molecule has 5 rings (SSSR count). The lowest BCUT2D eigenvalue weighted by Crippen LogP contribution is -2.37. The van der Waals surface area contributed by atoms with E-state index in [0.717, 1.165) is 5.52 Å². The Hall–Kier alpha value is -4.83. The van der Waals surface area contributed by atoms with Gasteiger partial charge in [0.05, 0.1) is 61.4 Å². The van der Waals surface area contributed by atoms with Gasteiger partial charge in [-0.05, 0) is 6.07 Å². The molecule has 0 amide bonds. The smallest absolute Gasteiger partial charge is 0.360 e. The third kappa shape index (κ3) is 4.45. The second kappa shape index (κ2) is 10.0. The quantitative estimate of drug-likeness (QED) is 0.372. The standard InChI is InChI=1S/C24H24N10O3/c1-26-21-19(16-11-27-12-17-18(16)29-13-33(17)2)31-20(24(35)36-3)22(32-21)30-15-8-14(9-25)23(28-10-15)34-4-6-37-7-5-34/h8,10-13H,4-7H2,1-3H3,(H2,26,30,32). The predicted molar refractivity (Wildman–Crippen MR) is 136 cm³/mol. The summed E-state index contributed by atoms with van der Waals surface area (Å²) in [6.45, 7) is 2.45. The zero-order chi connectivity index (χ0) is 25.9. The van der Waals surface area contributed by atoms with E-state index in [1.165, 1.54) is 7.11 Å². The van der Waals surface area contributed by atoms with Crippen molar-refractivity contribution >= 4 is 40.1 Å². The zero-order valence-electron chi connectivity index (χ0n) is 20.5. The summed E-state index contributed by atoms with van der Waals surface area (Å²) in [5.41, 5.74) is 3.29. The summed E-state index contributed by atoms with van der Waals surface area (Å²) in [7, 11) is 4.84. The van der Waals surface area contributed by atoms with Crippen LogP contribution < -0.4 is 15.5 Å². The Morgan fingerprint density at radius 3 is 2.70 bits per heavy atom. The van der Waals surface area contributed by atoms with Gasteiger partial charge in [0, 0.05) is 33.4 Å². The molecule has 0 radical (unpaired) electrons. The Morgan fingerprint density at radius 2 is 1.97 bits per heavy atom. The number of hydrogen-bond acceptors (Lipinski definition) is 12. The molecule has 37 heavy (non-hydrogen) atoms. The van der Waals surface area contributed by atoms with Gasteiger partial charge in [0.1, 0.15) is 23.1 Å². The van der Waals surface area contributed by atoms with Crippen LogP contribution in [0.15, 0.2) is 31.0 Å². The lowest BCUT2D eigenvalue weighted by Gasteiger charge is -2.28. The van der Waals surface area contributed by atoms with Gasteiger partial charge >= 0.3 is 5.97 Å². The molecule has 4 aromatic heterocycles. The van der Waals surface area contributed by atoms with E-state index in [1.807, 2.05) is 16.5 Å². The lowest BCUT2D eigenvalue weighted by atomic mass is 10.1. The van der Waals surface area contributed by atoms with Gasteiger partial charge in [-0.1, -0.05) is 0 Å². The van der Waals surface area contributed by atoms with E-state index < -0.39 is 5.97 Å². The first-order valence-corrected chi connectivity index (χ1v) is 11.5. The minimum Gasteiger partial charge on any atom is -0.464 e. The van der Waals surface area contributed by atoms with Crippen molar-refractivity contribution in [2.45, 2.75) is 0 Å². The second-order valence-electron chi connectivity index (χ2n) is 8.20. The Bertz CT molecular complexity index is 1520. The molecule has 0 bridgehead atoms. The number of methoxy groups -OCH3 is 1. The van der Waals surface area contributed by atoms with Crippen molar-refractivity contribution in [2.75, 3.05) is 56.0 Å². The van der Waals surface area contributed by atoms with Crippen molar-refractivity contribution < 1.29 is 14.3 Å². The number of aryl methyl sites for hydroxylation is 1. The van der Waals surface area contributed by atoms with Crippen molar-refractivity contribution in [3.05, 3.63) is 42.2 Å². The molecular formula is C24H24N10O3. The van der Waals surface area contributed by atoms with E-state index in [4.69, 9.17) is 9.47 Å². The van der Waals surface area contributed by atoms with Gasteiger partial charge in [-0.3, -0.25) is 4.98 Å². The highest BCUT2D eigenvalue weighted by Crippen LogP contribution is 2.33. The van der Waals surface area contributed by atoms with Crippen LogP contribution in [-0.2, 0) is 16.5 Å². The lowest BCUT2D eigenvalue weighted by molar-refractivity contribution is 0.0595. The summed E-state index contributed by atoms with van der Waals surface area (Å²) in [5.74, 6) is 0.440. The number of fused-ring (bicyclic) bond motifs is 1. The fourth-order valence-corrected chi connectivity index (χ4v) is 4.11. The highest BCUT2D eigenvalue weighted by Gasteiger charge is 2.24. The van der Waals surface area contributed by atoms with Crippen LogP contribution in [0.3, 0.4) is 0 Å². The van der Waals surface area contributed by atoms with E-state index in [-0.39, 0.29) is 11.5 Å². The van der Waals surface area contributed by atoms with Crippen LogP contribution in [0.1, 0.15) is 16.1 Å². The van der Waals surface area contributed by atoms with Crippen molar-refractivity contribution in [1.82, 2.24) is 29.5 Å². The maximum atomic E-state index is 12.8. The SMILES string of the molecule is CNc1nc(Nc2cnc(N3CCOCC3)c(C#N)c2)c(C(=O)OC)nc1-c1cncc2c1ncn2C. The Labute approximate surface area is 212 Å². The monoisotopic (exact) mass is 500 g/mol. The molecule has 0 aromatic carbocycles. The van der Waals surface area contributed by atoms with Gasteiger partial charge in [-0.25, -0.2) is 24.7 Å². The van der Waals surface area contributed by atoms with Gasteiger partial charge in [0.15, 0.2) is 17.3 Å². The molecule has 0 saturated carbocycles. The number of morpholine rings is 1. The molecule has 0 atom stereocenters. The molecular weight excluding hydrogens is 476 g/mol. The Balaban J connectivity index is 1.57. The van der Waals surface area contributed by atoms with Crippen molar-refractivity contribution in [1.29, 1.82) is 5.26 Å². The van der Waals surface area contributed by atoms with Crippen LogP contribution in [-0.4, -0.2) is 75.9 Å². The number of nitrogens with zero attached hydrogens (tertiary/aromatic N) is 8. The third-order valence-electron chi connectivity index (χ3n) is 5.97. The number of aromatic nitrogens is 6. The highest BCUT2D eigenvalue weighted by molar-refractivity contribution is 5.98. The maximum Gasteiger partial charge on any atom is 0.360 e. The molecule has 2 N–H and O–H groups in total.